The van der Waals surface area contributed by atoms with E-state index in [0.29, 0.717) is 17.8 Å². The van der Waals surface area contributed by atoms with E-state index >= 15 is 0 Å². The summed E-state index contributed by atoms with van der Waals surface area (Å²) in [4.78, 5) is 13.2. The lowest BCUT2D eigenvalue weighted by Gasteiger charge is -2.25. The number of nitrogens with one attached hydrogen (secondary N) is 2. The molecule has 1 saturated heterocycles. The number of hydrogen-bond donors (Lipinski definition) is 2. The maximum absolute atomic E-state index is 14.0. The summed E-state index contributed by atoms with van der Waals surface area (Å²) in [6, 6.07) is 3.74. The number of likely N-dealkylation sites (N-methyl/N-ethyl adjacent to an activating group) is 1. The van der Waals surface area contributed by atoms with Crippen LogP contribution in [0.2, 0.25) is 0 Å². The molecule has 2 unspecified atom stereocenters. The van der Waals surface area contributed by atoms with Gasteiger partial charge in [0, 0.05) is 37.9 Å². The molecule has 28 heavy (non-hydrogen) atoms. The van der Waals surface area contributed by atoms with Gasteiger partial charge in [-0.3, -0.25) is 4.99 Å². The van der Waals surface area contributed by atoms with Gasteiger partial charge in [0.05, 0.1) is 6.54 Å². The van der Waals surface area contributed by atoms with E-state index in [1.165, 1.54) is 6.07 Å². The third-order valence-corrected chi connectivity index (χ3v) is 4.85. The van der Waals surface area contributed by atoms with E-state index in [1.807, 2.05) is 4.90 Å². The molecular weight excluding hydrogens is 470 g/mol. The number of guanidine groups is 1. The molecule has 0 radical (unpaired) electrons. The molecule has 1 fully saturated rings. The zero-order valence-corrected chi connectivity index (χ0v) is 20.1. The van der Waals surface area contributed by atoms with Crippen LogP contribution in [-0.4, -0.2) is 68.2 Å². The molecule has 6 nitrogen and oxygen atoms in total. The molecular formula is C20H36FIN6. The van der Waals surface area contributed by atoms with Crippen LogP contribution in [0.3, 0.4) is 0 Å². The van der Waals surface area contributed by atoms with Crippen molar-refractivity contribution in [1.29, 1.82) is 0 Å². The van der Waals surface area contributed by atoms with Gasteiger partial charge in [-0.2, -0.15) is 0 Å². The van der Waals surface area contributed by atoms with E-state index in [9.17, 15) is 4.39 Å². The van der Waals surface area contributed by atoms with E-state index in [4.69, 9.17) is 4.99 Å². The highest BCUT2D eigenvalue weighted by Gasteiger charge is 2.26. The molecule has 1 aliphatic rings. The van der Waals surface area contributed by atoms with Crippen LogP contribution in [0.15, 0.2) is 23.3 Å². The fraction of sp³-hybridized carbons (Fsp3) is 0.700. The molecule has 0 amide bonds. The highest BCUT2D eigenvalue weighted by molar-refractivity contribution is 14.0. The third kappa shape index (κ3) is 7.69. The fourth-order valence-electron chi connectivity index (χ4n) is 3.38. The van der Waals surface area contributed by atoms with E-state index < -0.39 is 0 Å². The Hall–Kier alpha value is -1.16. The van der Waals surface area contributed by atoms with Crippen molar-refractivity contribution in [3.8, 4) is 0 Å². The standard InChI is InChI=1S/C20H35FN6.HI/c1-6-22-20(24-13-17(26(4)5)12-15(2)3)25-16-9-11-27(14-16)19-18(21)8-7-10-23-19;/h7-8,10,15-17H,6,9,11-14H2,1-5H3,(H2,22,24,25);1H. The van der Waals surface area contributed by atoms with Gasteiger partial charge in [-0.15, -0.1) is 24.0 Å². The highest BCUT2D eigenvalue weighted by Crippen LogP contribution is 2.20. The van der Waals surface area contributed by atoms with Crippen molar-refractivity contribution in [3.63, 3.8) is 0 Å². The van der Waals surface area contributed by atoms with Crippen LogP contribution in [0.25, 0.3) is 0 Å². The molecule has 1 aromatic rings. The first-order valence-electron chi connectivity index (χ1n) is 9.97. The van der Waals surface area contributed by atoms with E-state index in [2.05, 4.69) is 55.4 Å². The van der Waals surface area contributed by atoms with Gasteiger partial charge in [-0.1, -0.05) is 13.8 Å². The second kappa shape index (κ2) is 12.4. The number of rotatable bonds is 8. The molecule has 0 bridgehead atoms. The second-order valence-corrected chi connectivity index (χ2v) is 7.85. The molecule has 1 aliphatic heterocycles. The Morgan fingerprint density at radius 2 is 2.18 bits per heavy atom. The van der Waals surface area contributed by atoms with Gasteiger partial charge in [0.1, 0.15) is 0 Å². The third-order valence-electron chi connectivity index (χ3n) is 4.85. The quantitative estimate of drug-likeness (QED) is 0.323. The minimum atomic E-state index is -0.263. The molecule has 0 spiro atoms. The van der Waals surface area contributed by atoms with Crippen molar-refractivity contribution >= 4 is 35.8 Å². The summed E-state index contributed by atoms with van der Waals surface area (Å²) in [5, 5.41) is 6.85. The number of aliphatic imine (C=N–C) groups is 1. The minimum absolute atomic E-state index is 0. The van der Waals surface area contributed by atoms with Gasteiger partial charge < -0.3 is 20.4 Å². The van der Waals surface area contributed by atoms with Crippen molar-refractivity contribution in [3.05, 3.63) is 24.1 Å². The van der Waals surface area contributed by atoms with Gasteiger partial charge in [-0.25, -0.2) is 9.37 Å². The Morgan fingerprint density at radius 3 is 2.79 bits per heavy atom. The molecule has 2 heterocycles. The van der Waals surface area contributed by atoms with Crippen molar-refractivity contribution in [1.82, 2.24) is 20.5 Å². The zero-order chi connectivity index (χ0) is 19.8. The number of anilines is 1. The molecule has 0 saturated carbocycles. The largest absolute Gasteiger partial charge is 0.357 e. The Bertz CT molecular complexity index is 610. The fourth-order valence-corrected chi connectivity index (χ4v) is 3.38. The number of hydrogen-bond acceptors (Lipinski definition) is 4. The lowest BCUT2D eigenvalue weighted by molar-refractivity contribution is 0.261. The molecule has 2 atom stereocenters. The zero-order valence-electron chi connectivity index (χ0n) is 17.8. The average molecular weight is 506 g/mol. The molecule has 2 rings (SSSR count). The Labute approximate surface area is 186 Å². The smallest absolute Gasteiger partial charge is 0.191 e. The predicted octanol–water partition coefficient (Wildman–Crippen LogP) is 2.95. The Kier molecular flexibility index (Phi) is 11.0. The van der Waals surface area contributed by atoms with Gasteiger partial charge >= 0.3 is 0 Å². The van der Waals surface area contributed by atoms with Gasteiger partial charge in [0.2, 0.25) is 0 Å². The van der Waals surface area contributed by atoms with Gasteiger partial charge in [0.25, 0.3) is 0 Å². The Morgan fingerprint density at radius 1 is 1.43 bits per heavy atom. The summed E-state index contributed by atoms with van der Waals surface area (Å²) in [5.74, 6) is 1.65. The predicted molar refractivity (Wildman–Crippen MR) is 126 cm³/mol. The molecule has 0 aliphatic carbocycles. The summed E-state index contributed by atoms with van der Waals surface area (Å²) in [7, 11) is 4.22. The number of nitrogens with zero attached hydrogens (tertiary/aromatic N) is 4. The van der Waals surface area contributed by atoms with Crippen LogP contribution < -0.4 is 15.5 Å². The number of aromatic nitrogens is 1. The minimum Gasteiger partial charge on any atom is -0.357 e. The van der Waals surface area contributed by atoms with Gasteiger partial charge in [-0.05, 0) is 51.9 Å². The van der Waals surface area contributed by atoms with Crippen LogP contribution in [0.5, 0.6) is 0 Å². The van der Waals surface area contributed by atoms with Gasteiger partial charge in [0.15, 0.2) is 17.6 Å². The summed E-state index contributed by atoms with van der Waals surface area (Å²) < 4.78 is 14.0. The topological polar surface area (TPSA) is 55.8 Å². The first-order chi connectivity index (χ1) is 12.9. The summed E-state index contributed by atoms with van der Waals surface area (Å²) in [6.45, 7) is 9.64. The molecule has 2 N–H and O–H groups in total. The maximum atomic E-state index is 14.0. The van der Waals surface area contributed by atoms with Crippen molar-refractivity contribution in [2.75, 3.05) is 45.2 Å². The second-order valence-electron chi connectivity index (χ2n) is 7.85. The first-order valence-corrected chi connectivity index (χ1v) is 9.97. The lowest BCUT2D eigenvalue weighted by Crippen LogP contribution is -2.45. The highest BCUT2D eigenvalue weighted by atomic mass is 127. The van der Waals surface area contributed by atoms with Crippen molar-refractivity contribution in [2.45, 2.75) is 45.7 Å². The monoisotopic (exact) mass is 506 g/mol. The molecule has 0 aromatic carbocycles. The average Bonchev–Trinajstić information content (AvgIpc) is 3.06. The molecule has 160 valence electrons. The molecule has 1 aromatic heterocycles. The van der Waals surface area contributed by atoms with Crippen LogP contribution in [-0.2, 0) is 0 Å². The van der Waals surface area contributed by atoms with Crippen molar-refractivity contribution < 1.29 is 4.39 Å². The SMILES string of the molecule is CCNC(=NCC(CC(C)C)N(C)C)NC1CCN(c2ncccc2F)C1.I. The van der Waals surface area contributed by atoms with Crippen LogP contribution in [0, 0.1) is 11.7 Å². The normalized spacial score (nSPS) is 18.4. The molecule has 8 heteroatoms. The summed E-state index contributed by atoms with van der Waals surface area (Å²) in [6.07, 6.45) is 3.69. The Balaban J connectivity index is 0.00000392. The lowest BCUT2D eigenvalue weighted by atomic mass is 10.0. The maximum Gasteiger partial charge on any atom is 0.191 e. The van der Waals surface area contributed by atoms with Crippen LogP contribution in [0.1, 0.15) is 33.6 Å². The van der Waals surface area contributed by atoms with Crippen molar-refractivity contribution in [2.24, 2.45) is 10.9 Å². The van der Waals surface area contributed by atoms with E-state index in [-0.39, 0.29) is 35.8 Å². The van der Waals surface area contributed by atoms with Crippen LogP contribution in [0.4, 0.5) is 10.2 Å². The van der Waals surface area contributed by atoms with E-state index in [1.54, 1.807) is 12.3 Å². The number of pyridine rings is 1. The van der Waals surface area contributed by atoms with E-state index in [0.717, 1.165) is 45.0 Å². The summed E-state index contributed by atoms with van der Waals surface area (Å²) in [5.41, 5.74) is 0. The van der Waals surface area contributed by atoms with Crippen LogP contribution >= 0.6 is 24.0 Å². The first kappa shape index (κ1) is 24.9. The number of halogens is 2. The summed E-state index contributed by atoms with van der Waals surface area (Å²) >= 11 is 0.